The molecule has 0 radical (unpaired) electrons. The second kappa shape index (κ2) is 6.36. The molecule has 1 heterocycles. The highest BCUT2D eigenvalue weighted by molar-refractivity contribution is 4.88. The molecule has 2 fully saturated rings. The van der Waals surface area contributed by atoms with Crippen molar-refractivity contribution in [2.24, 2.45) is 11.8 Å². The van der Waals surface area contributed by atoms with Crippen molar-refractivity contribution in [3.8, 4) is 0 Å². The lowest BCUT2D eigenvalue weighted by Crippen LogP contribution is -2.50. The Bertz CT molecular complexity index is 251. The fraction of sp³-hybridized carbons (Fsp3) is 1.00. The summed E-state index contributed by atoms with van der Waals surface area (Å²) in [5, 5.41) is 3.75. The van der Waals surface area contributed by atoms with Gasteiger partial charge in [-0.15, -0.1) is 0 Å². The Morgan fingerprint density at radius 3 is 2.50 bits per heavy atom. The van der Waals surface area contributed by atoms with Crippen LogP contribution in [0, 0.1) is 11.8 Å². The summed E-state index contributed by atoms with van der Waals surface area (Å²) in [6.07, 6.45) is 6.05. The quantitative estimate of drug-likeness (QED) is 0.837. The molecular formula is C15H29NO2. The van der Waals surface area contributed by atoms with E-state index < -0.39 is 0 Å². The van der Waals surface area contributed by atoms with E-state index in [9.17, 15) is 0 Å². The van der Waals surface area contributed by atoms with Crippen LogP contribution >= 0.6 is 0 Å². The monoisotopic (exact) mass is 255 g/mol. The third-order valence-corrected chi connectivity index (χ3v) is 5.15. The predicted octanol–water partition coefficient (Wildman–Crippen LogP) is 2.60. The van der Waals surface area contributed by atoms with Crippen molar-refractivity contribution in [2.75, 3.05) is 26.9 Å². The van der Waals surface area contributed by atoms with Gasteiger partial charge in [0.15, 0.2) is 0 Å². The topological polar surface area (TPSA) is 30.5 Å². The molecule has 3 nitrogen and oxygen atoms in total. The number of methoxy groups -OCH3 is 1. The Balaban J connectivity index is 1.79. The normalized spacial score (nSPS) is 36.5. The standard InChI is InChI=1S/C15H29NO2/c1-12-4-5-14(10-13(12)2)16-11-15(17-3)6-8-18-9-7-15/h12-14,16H,4-11H2,1-3H3. The molecule has 0 amide bonds. The Morgan fingerprint density at radius 2 is 1.89 bits per heavy atom. The molecule has 0 bridgehead atoms. The minimum absolute atomic E-state index is 0.0184. The van der Waals surface area contributed by atoms with E-state index in [0.29, 0.717) is 6.04 Å². The van der Waals surface area contributed by atoms with Crippen LogP contribution in [0.3, 0.4) is 0 Å². The molecule has 3 unspecified atom stereocenters. The van der Waals surface area contributed by atoms with E-state index in [1.54, 1.807) is 0 Å². The molecule has 0 aromatic carbocycles. The van der Waals surface area contributed by atoms with Gasteiger partial charge in [0, 0.05) is 45.8 Å². The number of rotatable bonds is 4. The second-order valence-corrected chi connectivity index (χ2v) is 6.34. The maximum Gasteiger partial charge on any atom is 0.0846 e. The van der Waals surface area contributed by atoms with Gasteiger partial charge in [-0.3, -0.25) is 0 Å². The molecular weight excluding hydrogens is 226 g/mol. The maximum absolute atomic E-state index is 5.78. The Labute approximate surface area is 112 Å². The fourth-order valence-electron chi connectivity index (χ4n) is 3.26. The van der Waals surface area contributed by atoms with Crippen LogP contribution < -0.4 is 5.32 Å². The largest absolute Gasteiger partial charge is 0.381 e. The molecule has 1 aliphatic carbocycles. The van der Waals surface area contributed by atoms with Crippen molar-refractivity contribution < 1.29 is 9.47 Å². The molecule has 1 aliphatic heterocycles. The first-order valence-electron chi connectivity index (χ1n) is 7.51. The van der Waals surface area contributed by atoms with Gasteiger partial charge in [0.1, 0.15) is 0 Å². The average molecular weight is 255 g/mol. The van der Waals surface area contributed by atoms with Crippen LogP contribution in [0.2, 0.25) is 0 Å². The van der Waals surface area contributed by atoms with Crippen molar-refractivity contribution in [1.29, 1.82) is 0 Å². The molecule has 18 heavy (non-hydrogen) atoms. The molecule has 2 aliphatic rings. The minimum Gasteiger partial charge on any atom is -0.381 e. The van der Waals surface area contributed by atoms with Gasteiger partial charge in [-0.1, -0.05) is 13.8 Å². The van der Waals surface area contributed by atoms with Crippen LogP contribution in [0.4, 0.5) is 0 Å². The zero-order valence-electron chi connectivity index (χ0n) is 12.2. The summed E-state index contributed by atoms with van der Waals surface area (Å²) in [7, 11) is 1.85. The van der Waals surface area contributed by atoms with E-state index in [1.807, 2.05) is 7.11 Å². The Kier molecular flexibility index (Phi) is 5.05. The zero-order chi connectivity index (χ0) is 13.0. The smallest absolute Gasteiger partial charge is 0.0846 e. The van der Waals surface area contributed by atoms with Crippen LogP contribution in [0.5, 0.6) is 0 Å². The van der Waals surface area contributed by atoms with Crippen molar-refractivity contribution >= 4 is 0 Å². The maximum atomic E-state index is 5.78. The van der Waals surface area contributed by atoms with Crippen molar-refractivity contribution in [2.45, 2.75) is 57.6 Å². The van der Waals surface area contributed by atoms with E-state index in [4.69, 9.17) is 9.47 Å². The van der Waals surface area contributed by atoms with E-state index in [0.717, 1.165) is 44.4 Å². The fourth-order valence-corrected chi connectivity index (χ4v) is 3.26. The van der Waals surface area contributed by atoms with Crippen LogP contribution in [0.15, 0.2) is 0 Å². The Morgan fingerprint density at radius 1 is 1.17 bits per heavy atom. The lowest BCUT2D eigenvalue weighted by atomic mass is 9.79. The summed E-state index contributed by atoms with van der Waals surface area (Å²) in [6.45, 7) is 7.44. The lowest BCUT2D eigenvalue weighted by molar-refractivity contribution is -0.0893. The van der Waals surface area contributed by atoms with Crippen LogP contribution in [-0.4, -0.2) is 38.5 Å². The van der Waals surface area contributed by atoms with E-state index >= 15 is 0 Å². The molecule has 1 N–H and O–H groups in total. The number of ether oxygens (including phenoxy) is 2. The first kappa shape index (κ1) is 14.3. The van der Waals surface area contributed by atoms with E-state index in [1.165, 1.54) is 19.3 Å². The summed E-state index contributed by atoms with van der Waals surface area (Å²) in [5.74, 6) is 1.74. The van der Waals surface area contributed by atoms with Gasteiger partial charge >= 0.3 is 0 Å². The van der Waals surface area contributed by atoms with Gasteiger partial charge < -0.3 is 14.8 Å². The summed E-state index contributed by atoms with van der Waals surface area (Å²) in [6, 6.07) is 0.686. The lowest BCUT2D eigenvalue weighted by Gasteiger charge is -2.39. The number of nitrogens with one attached hydrogen (secondary N) is 1. The van der Waals surface area contributed by atoms with Gasteiger partial charge in [-0.05, 0) is 31.1 Å². The molecule has 3 atom stereocenters. The zero-order valence-corrected chi connectivity index (χ0v) is 12.2. The highest BCUT2D eigenvalue weighted by Gasteiger charge is 2.33. The summed E-state index contributed by atoms with van der Waals surface area (Å²) in [4.78, 5) is 0. The molecule has 0 aromatic heterocycles. The van der Waals surface area contributed by atoms with Crippen molar-refractivity contribution in [3.63, 3.8) is 0 Å². The van der Waals surface area contributed by atoms with Gasteiger partial charge in [-0.25, -0.2) is 0 Å². The first-order valence-corrected chi connectivity index (χ1v) is 7.51. The van der Waals surface area contributed by atoms with Crippen LogP contribution in [0.1, 0.15) is 46.0 Å². The van der Waals surface area contributed by atoms with Gasteiger partial charge in [0.25, 0.3) is 0 Å². The van der Waals surface area contributed by atoms with E-state index in [2.05, 4.69) is 19.2 Å². The highest BCUT2D eigenvalue weighted by atomic mass is 16.5. The molecule has 1 saturated heterocycles. The predicted molar refractivity (Wildman–Crippen MR) is 73.8 cm³/mol. The number of hydrogen-bond acceptors (Lipinski definition) is 3. The van der Waals surface area contributed by atoms with Gasteiger partial charge in [-0.2, -0.15) is 0 Å². The molecule has 3 heteroatoms. The third-order valence-electron chi connectivity index (χ3n) is 5.15. The van der Waals surface area contributed by atoms with Crippen LogP contribution in [-0.2, 0) is 9.47 Å². The molecule has 1 saturated carbocycles. The minimum atomic E-state index is 0.0184. The van der Waals surface area contributed by atoms with Crippen molar-refractivity contribution in [3.05, 3.63) is 0 Å². The Hall–Kier alpha value is -0.120. The second-order valence-electron chi connectivity index (χ2n) is 6.34. The molecule has 106 valence electrons. The molecule has 0 spiro atoms. The third kappa shape index (κ3) is 3.46. The van der Waals surface area contributed by atoms with Gasteiger partial charge in [0.05, 0.1) is 5.60 Å². The van der Waals surface area contributed by atoms with Gasteiger partial charge in [0.2, 0.25) is 0 Å². The molecule has 0 aromatic rings. The highest BCUT2D eigenvalue weighted by Crippen LogP contribution is 2.30. The summed E-state index contributed by atoms with van der Waals surface area (Å²) in [5.41, 5.74) is 0.0184. The summed E-state index contributed by atoms with van der Waals surface area (Å²) >= 11 is 0. The summed E-state index contributed by atoms with van der Waals surface area (Å²) < 4.78 is 11.2. The van der Waals surface area contributed by atoms with Crippen molar-refractivity contribution in [1.82, 2.24) is 5.32 Å². The van der Waals surface area contributed by atoms with E-state index in [-0.39, 0.29) is 5.60 Å². The SMILES string of the molecule is COC1(CNC2CCC(C)C(C)C2)CCOCC1. The van der Waals surface area contributed by atoms with Crippen LogP contribution in [0.25, 0.3) is 0 Å². The first-order chi connectivity index (χ1) is 8.65. The average Bonchev–Trinajstić information content (AvgIpc) is 2.41. The molecule has 2 rings (SSSR count). The number of hydrogen-bond donors (Lipinski definition) is 1.